The van der Waals surface area contributed by atoms with Gasteiger partial charge in [0.15, 0.2) is 5.78 Å². The second kappa shape index (κ2) is 6.22. The number of amides is 2. The molecule has 2 amide bonds. The summed E-state index contributed by atoms with van der Waals surface area (Å²) in [6.07, 6.45) is 0. The zero-order valence-corrected chi connectivity index (χ0v) is 12.3. The minimum Gasteiger partial charge on any atom is -0.366 e. The highest BCUT2D eigenvalue weighted by Gasteiger charge is 2.10. The Hall–Kier alpha value is -2.95. The fourth-order valence-corrected chi connectivity index (χ4v) is 1.96. The first-order chi connectivity index (χ1) is 10.4. The van der Waals surface area contributed by atoms with E-state index >= 15 is 0 Å². The van der Waals surface area contributed by atoms with E-state index in [4.69, 9.17) is 5.73 Å². The van der Waals surface area contributed by atoms with Crippen LogP contribution in [0.5, 0.6) is 0 Å². The topological polar surface area (TPSA) is 89.3 Å². The number of hydrogen-bond acceptors (Lipinski definition) is 3. The van der Waals surface area contributed by atoms with Gasteiger partial charge in [-0.25, -0.2) is 0 Å². The molecule has 2 rings (SSSR count). The third-order valence-electron chi connectivity index (χ3n) is 3.32. The van der Waals surface area contributed by atoms with Gasteiger partial charge in [0.1, 0.15) is 0 Å². The van der Waals surface area contributed by atoms with Crippen molar-refractivity contribution < 1.29 is 14.4 Å². The fraction of sp³-hybridized carbons (Fsp3) is 0.118. The lowest BCUT2D eigenvalue weighted by molar-refractivity contribution is 0.0995. The molecule has 0 saturated carbocycles. The molecule has 0 bridgehead atoms. The maximum absolute atomic E-state index is 12.2. The van der Waals surface area contributed by atoms with Crippen LogP contribution in [0.15, 0.2) is 42.5 Å². The van der Waals surface area contributed by atoms with Gasteiger partial charge in [0.2, 0.25) is 5.91 Å². The number of benzene rings is 2. The lowest BCUT2D eigenvalue weighted by Crippen LogP contribution is -2.15. The SMILES string of the molecule is CC(=O)c1ccc(C(=O)Nc2cc(C(N)=O)ccc2C)cc1. The van der Waals surface area contributed by atoms with Gasteiger partial charge in [-0.3, -0.25) is 14.4 Å². The Morgan fingerprint density at radius 3 is 2.00 bits per heavy atom. The average molecular weight is 296 g/mol. The normalized spacial score (nSPS) is 10.1. The van der Waals surface area contributed by atoms with E-state index in [1.54, 1.807) is 42.5 Å². The summed E-state index contributed by atoms with van der Waals surface area (Å²) in [5.74, 6) is -0.932. The largest absolute Gasteiger partial charge is 0.366 e. The Morgan fingerprint density at radius 1 is 0.909 bits per heavy atom. The first kappa shape index (κ1) is 15.4. The molecule has 0 spiro atoms. The zero-order valence-electron chi connectivity index (χ0n) is 12.3. The van der Waals surface area contributed by atoms with Gasteiger partial charge in [-0.15, -0.1) is 0 Å². The van der Waals surface area contributed by atoms with Crippen LogP contribution in [-0.4, -0.2) is 17.6 Å². The molecule has 0 aliphatic heterocycles. The first-order valence-corrected chi connectivity index (χ1v) is 6.71. The maximum atomic E-state index is 12.2. The molecular weight excluding hydrogens is 280 g/mol. The molecule has 0 heterocycles. The second-order valence-electron chi connectivity index (χ2n) is 4.98. The lowest BCUT2D eigenvalue weighted by Gasteiger charge is -2.10. The summed E-state index contributed by atoms with van der Waals surface area (Å²) in [6.45, 7) is 3.28. The Balaban J connectivity index is 2.23. The minimum atomic E-state index is -0.554. The Labute approximate surface area is 128 Å². The van der Waals surface area contributed by atoms with Crippen molar-refractivity contribution in [3.8, 4) is 0 Å². The summed E-state index contributed by atoms with van der Waals surface area (Å²) in [4.78, 5) is 34.6. The van der Waals surface area contributed by atoms with Crippen LogP contribution in [-0.2, 0) is 0 Å². The van der Waals surface area contributed by atoms with Gasteiger partial charge in [-0.2, -0.15) is 0 Å². The Kier molecular flexibility index (Phi) is 4.36. The quantitative estimate of drug-likeness (QED) is 0.850. The van der Waals surface area contributed by atoms with Crippen molar-refractivity contribution in [2.45, 2.75) is 13.8 Å². The van der Waals surface area contributed by atoms with Crippen molar-refractivity contribution in [2.75, 3.05) is 5.32 Å². The number of rotatable bonds is 4. The summed E-state index contributed by atoms with van der Waals surface area (Å²) >= 11 is 0. The number of nitrogens with two attached hydrogens (primary N) is 1. The predicted molar refractivity (Wildman–Crippen MR) is 84.1 cm³/mol. The molecule has 0 aliphatic carbocycles. The van der Waals surface area contributed by atoms with E-state index in [0.717, 1.165) is 5.56 Å². The summed E-state index contributed by atoms with van der Waals surface area (Å²) in [5, 5.41) is 2.74. The van der Waals surface area contributed by atoms with Crippen LogP contribution in [0.25, 0.3) is 0 Å². The number of Topliss-reactive ketones (excluding diaryl/α,β-unsaturated/α-hetero) is 1. The van der Waals surface area contributed by atoms with Crippen LogP contribution in [0.3, 0.4) is 0 Å². The highest BCUT2D eigenvalue weighted by atomic mass is 16.2. The molecule has 5 nitrogen and oxygen atoms in total. The molecule has 0 saturated heterocycles. The third-order valence-corrected chi connectivity index (χ3v) is 3.32. The summed E-state index contributed by atoms with van der Waals surface area (Å²) < 4.78 is 0. The van der Waals surface area contributed by atoms with Crippen LogP contribution in [0.1, 0.15) is 43.6 Å². The average Bonchev–Trinajstić information content (AvgIpc) is 2.49. The Morgan fingerprint density at radius 2 is 1.45 bits per heavy atom. The highest BCUT2D eigenvalue weighted by molar-refractivity contribution is 6.06. The van der Waals surface area contributed by atoms with E-state index in [-0.39, 0.29) is 11.7 Å². The molecule has 0 unspecified atom stereocenters. The number of hydrogen-bond donors (Lipinski definition) is 2. The molecule has 2 aromatic rings. The van der Waals surface area contributed by atoms with E-state index in [9.17, 15) is 14.4 Å². The van der Waals surface area contributed by atoms with Gasteiger partial charge in [0.25, 0.3) is 5.91 Å². The van der Waals surface area contributed by atoms with Crippen molar-refractivity contribution in [1.29, 1.82) is 0 Å². The van der Waals surface area contributed by atoms with E-state index in [0.29, 0.717) is 22.4 Å². The summed E-state index contributed by atoms with van der Waals surface area (Å²) in [6, 6.07) is 11.2. The van der Waals surface area contributed by atoms with Crippen LogP contribution in [0.2, 0.25) is 0 Å². The monoisotopic (exact) mass is 296 g/mol. The number of carbonyl (C=O) groups excluding carboxylic acids is 3. The number of aryl methyl sites for hydroxylation is 1. The molecule has 0 aliphatic rings. The molecule has 0 radical (unpaired) electrons. The standard InChI is InChI=1S/C17H16N2O3/c1-10-3-4-14(16(18)21)9-15(10)19-17(22)13-7-5-12(6-8-13)11(2)20/h3-9H,1-2H3,(H2,18,21)(H,19,22). The molecule has 112 valence electrons. The second-order valence-corrected chi connectivity index (χ2v) is 4.98. The van der Waals surface area contributed by atoms with Gasteiger partial charge in [-0.05, 0) is 43.7 Å². The van der Waals surface area contributed by atoms with Crippen molar-refractivity contribution in [3.05, 3.63) is 64.7 Å². The molecule has 5 heteroatoms. The molecule has 3 N–H and O–H groups in total. The molecule has 22 heavy (non-hydrogen) atoms. The van der Waals surface area contributed by atoms with E-state index in [1.165, 1.54) is 6.92 Å². The van der Waals surface area contributed by atoms with Crippen molar-refractivity contribution in [1.82, 2.24) is 0 Å². The highest BCUT2D eigenvalue weighted by Crippen LogP contribution is 2.18. The van der Waals surface area contributed by atoms with Crippen molar-refractivity contribution in [3.63, 3.8) is 0 Å². The van der Waals surface area contributed by atoms with Gasteiger partial charge >= 0.3 is 0 Å². The van der Waals surface area contributed by atoms with Crippen LogP contribution < -0.4 is 11.1 Å². The number of primary amides is 1. The van der Waals surface area contributed by atoms with E-state index < -0.39 is 5.91 Å². The summed E-state index contributed by atoms with van der Waals surface area (Å²) in [7, 11) is 0. The van der Waals surface area contributed by atoms with Crippen LogP contribution >= 0.6 is 0 Å². The van der Waals surface area contributed by atoms with E-state index in [1.807, 2.05) is 6.92 Å². The molecule has 2 aromatic carbocycles. The molecule has 0 aromatic heterocycles. The van der Waals surface area contributed by atoms with E-state index in [2.05, 4.69) is 5.32 Å². The lowest BCUT2D eigenvalue weighted by atomic mass is 10.1. The number of ketones is 1. The van der Waals surface area contributed by atoms with Gasteiger partial charge in [0, 0.05) is 22.4 Å². The molecule has 0 fully saturated rings. The molecular formula is C17H16N2O3. The summed E-state index contributed by atoms with van der Waals surface area (Å²) in [5.41, 5.74) is 7.88. The fourth-order valence-electron chi connectivity index (χ4n) is 1.96. The maximum Gasteiger partial charge on any atom is 0.255 e. The van der Waals surface area contributed by atoms with Crippen molar-refractivity contribution in [2.24, 2.45) is 5.73 Å². The predicted octanol–water partition coefficient (Wildman–Crippen LogP) is 2.55. The number of anilines is 1. The molecule has 0 atom stereocenters. The zero-order chi connectivity index (χ0) is 16.3. The Bertz CT molecular complexity index is 749. The van der Waals surface area contributed by atoms with Crippen molar-refractivity contribution >= 4 is 23.3 Å². The van der Waals surface area contributed by atoms with Crippen LogP contribution in [0.4, 0.5) is 5.69 Å². The van der Waals surface area contributed by atoms with Gasteiger partial charge in [0.05, 0.1) is 0 Å². The first-order valence-electron chi connectivity index (χ1n) is 6.71. The number of carbonyl (C=O) groups is 3. The van der Waals surface area contributed by atoms with Gasteiger partial charge < -0.3 is 11.1 Å². The smallest absolute Gasteiger partial charge is 0.255 e. The van der Waals surface area contributed by atoms with Gasteiger partial charge in [-0.1, -0.05) is 18.2 Å². The van der Waals surface area contributed by atoms with Crippen LogP contribution in [0, 0.1) is 6.92 Å². The minimum absolute atomic E-state index is 0.0584. The number of nitrogens with one attached hydrogen (secondary N) is 1. The third kappa shape index (κ3) is 3.38.